The first-order chi connectivity index (χ1) is 11.5. The van der Waals surface area contributed by atoms with Crippen molar-refractivity contribution in [3.05, 3.63) is 71.3 Å². The van der Waals surface area contributed by atoms with E-state index in [9.17, 15) is 18.4 Å². The Bertz CT molecular complexity index is 716. The van der Waals surface area contributed by atoms with Crippen LogP contribution in [-0.4, -0.2) is 25.5 Å². The molecule has 2 aromatic rings. The standard InChI is InChI=1S/C18H17F2NO3/c1-24-18(23)16(13-5-7-14(19)8-6-13)11-21-17(22)10-12-3-2-4-15(20)9-12/h2-9,16H,10-11H2,1H3,(H,21,22). The molecular formula is C18H17F2NO3. The SMILES string of the molecule is COC(=O)C(CNC(=O)Cc1cccc(F)c1)c1ccc(F)cc1. The topological polar surface area (TPSA) is 55.4 Å². The van der Waals surface area contributed by atoms with Crippen molar-refractivity contribution in [2.24, 2.45) is 0 Å². The highest BCUT2D eigenvalue weighted by Gasteiger charge is 2.22. The molecule has 0 aliphatic rings. The molecule has 1 amide bonds. The Morgan fingerprint density at radius 1 is 1.08 bits per heavy atom. The summed E-state index contributed by atoms with van der Waals surface area (Å²) in [6.45, 7) is 0.00640. The summed E-state index contributed by atoms with van der Waals surface area (Å²) >= 11 is 0. The van der Waals surface area contributed by atoms with E-state index >= 15 is 0 Å². The van der Waals surface area contributed by atoms with Crippen LogP contribution in [0.5, 0.6) is 0 Å². The number of amides is 1. The Hall–Kier alpha value is -2.76. The quantitative estimate of drug-likeness (QED) is 0.827. The van der Waals surface area contributed by atoms with Gasteiger partial charge in [0.1, 0.15) is 11.6 Å². The first-order valence-electron chi connectivity index (χ1n) is 7.34. The Kier molecular flexibility index (Phi) is 6.01. The number of carbonyl (C=O) groups excluding carboxylic acids is 2. The second-order valence-electron chi connectivity index (χ2n) is 5.24. The van der Waals surface area contributed by atoms with Crippen LogP contribution in [0.25, 0.3) is 0 Å². The van der Waals surface area contributed by atoms with Gasteiger partial charge >= 0.3 is 5.97 Å². The van der Waals surface area contributed by atoms with Gasteiger partial charge in [0, 0.05) is 6.54 Å². The monoisotopic (exact) mass is 333 g/mol. The number of hydrogen-bond acceptors (Lipinski definition) is 3. The van der Waals surface area contributed by atoms with E-state index in [4.69, 9.17) is 4.74 Å². The number of methoxy groups -OCH3 is 1. The van der Waals surface area contributed by atoms with Crippen molar-refractivity contribution in [2.45, 2.75) is 12.3 Å². The van der Waals surface area contributed by atoms with Crippen LogP contribution in [-0.2, 0) is 20.7 Å². The minimum Gasteiger partial charge on any atom is -0.468 e. The van der Waals surface area contributed by atoms with E-state index in [2.05, 4.69) is 5.32 Å². The fourth-order valence-corrected chi connectivity index (χ4v) is 2.29. The predicted octanol–water partition coefficient (Wildman–Crippen LogP) is 2.58. The lowest BCUT2D eigenvalue weighted by molar-refractivity contribution is -0.142. The molecule has 4 nitrogen and oxygen atoms in total. The van der Waals surface area contributed by atoms with Crippen LogP contribution in [0, 0.1) is 11.6 Å². The second-order valence-corrected chi connectivity index (χ2v) is 5.24. The van der Waals surface area contributed by atoms with Crippen molar-refractivity contribution >= 4 is 11.9 Å². The van der Waals surface area contributed by atoms with Crippen molar-refractivity contribution in [1.29, 1.82) is 0 Å². The van der Waals surface area contributed by atoms with E-state index in [1.165, 1.54) is 49.6 Å². The van der Waals surface area contributed by atoms with E-state index in [0.29, 0.717) is 11.1 Å². The van der Waals surface area contributed by atoms with Crippen LogP contribution in [0.2, 0.25) is 0 Å². The van der Waals surface area contributed by atoms with Gasteiger partial charge in [-0.15, -0.1) is 0 Å². The molecule has 0 saturated carbocycles. The van der Waals surface area contributed by atoms with Gasteiger partial charge in [-0.25, -0.2) is 8.78 Å². The molecule has 0 heterocycles. The van der Waals surface area contributed by atoms with Gasteiger partial charge in [0.2, 0.25) is 5.91 Å². The van der Waals surface area contributed by atoms with Gasteiger partial charge in [0.05, 0.1) is 19.4 Å². The van der Waals surface area contributed by atoms with E-state index in [1.807, 2.05) is 0 Å². The maximum Gasteiger partial charge on any atom is 0.314 e. The van der Waals surface area contributed by atoms with Crippen LogP contribution in [0.1, 0.15) is 17.0 Å². The fraction of sp³-hybridized carbons (Fsp3) is 0.222. The lowest BCUT2D eigenvalue weighted by Gasteiger charge is -2.16. The summed E-state index contributed by atoms with van der Waals surface area (Å²) < 4.78 is 30.8. The largest absolute Gasteiger partial charge is 0.468 e. The number of nitrogens with one attached hydrogen (secondary N) is 1. The number of carbonyl (C=O) groups is 2. The first-order valence-corrected chi connectivity index (χ1v) is 7.34. The van der Waals surface area contributed by atoms with E-state index in [1.54, 1.807) is 6.07 Å². The Balaban J connectivity index is 2.01. The Labute approximate surface area is 138 Å². The summed E-state index contributed by atoms with van der Waals surface area (Å²) in [4.78, 5) is 23.9. The minimum atomic E-state index is -0.743. The zero-order chi connectivity index (χ0) is 17.5. The summed E-state index contributed by atoms with van der Waals surface area (Å²) in [5, 5.41) is 2.62. The smallest absolute Gasteiger partial charge is 0.314 e. The number of halogens is 2. The molecule has 0 aliphatic heterocycles. The molecule has 6 heteroatoms. The average Bonchev–Trinajstić information content (AvgIpc) is 2.56. The lowest BCUT2D eigenvalue weighted by atomic mass is 9.99. The Morgan fingerprint density at radius 2 is 1.79 bits per heavy atom. The van der Waals surface area contributed by atoms with Gasteiger partial charge in [-0.2, -0.15) is 0 Å². The summed E-state index contributed by atoms with van der Waals surface area (Å²) in [6.07, 6.45) is -0.00489. The first kappa shape index (κ1) is 17.6. The van der Waals surface area contributed by atoms with Crippen molar-refractivity contribution in [1.82, 2.24) is 5.32 Å². The molecule has 0 aliphatic carbocycles. The number of esters is 1. The lowest BCUT2D eigenvalue weighted by Crippen LogP contribution is -2.33. The van der Waals surface area contributed by atoms with Gasteiger partial charge in [-0.05, 0) is 35.4 Å². The summed E-state index contributed by atoms with van der Waals surface area (Å²) in [7, 11) is 1.24. The molecule has 0 fully saturated rings. The van der Waals surface area contributed by atoms with Gasteiger partial charge < -0.3 is 10.1 Å². The van der Waals surface area contributed by atoms with Crippen molar-refractivity contribution in [3.8, 4) is 0 Å². The average molecular weight is 333 g/mol. The third-order valence-electron chi connectivity index (χ3n) is 3.52. The van der Waals surface area contributed by atoms with Crippen LogP contribution in [0.4, 0.5) is 8.78 Å². The third kappa shape index (κ3) is 4.87. The van der Waals surface area contributed by atoms with Gasteiger partial charge in [-0.1, -0.05) is 24.3 Å². The van der Waals surface area contributed by atoms with Crippen LogP contribution in [0.3, 0.4) is 0 Å². The van der Waals surface area contributed by atoms with Crippen molar-refractivity contribution in [3.63, 3.8) is 0 Å². The molecule has 0 bridgehead atoms. The maximum absolute atomic E-state index is 13.1. The minimum absolute atomic E-state index is 0.00489. The van der Waals surface area contributed by atoms with Gasteiger partial charge in [-0.3, -0.25) is 9.59 Å². The van der Waals surface area contributed by atoms with Crippen LogP contribution < -0.4 is 5.32 Å². The molecule has 1 N–H and O–H groups in total. The summed E-state index contributed by atoms with van der Waals surface area (Å²) in [5.74, 6) is -2.46. The van der Waals surface area contributed by atoms with Gasteiger partial charge in [0.15, 0.2) is 0 Å². The van der Waals surface area contributed by atoms with Crippen LogP contribution >= 0.6 is 0 Å². The van der Waals surface area contributed by atoms with Gasteiger partial charge in [0.25, 0.3) is 0 Å². The molecule has 1 unspecified atom stereocenters. The number of hydrogen-bond donors (Lipinski definition) is 1. The molecule has 0 radical (unpaired) electrons. The highest BCUT2D eigenvalue weighted by molar-refractivity contribution is 5.82. The molecular weight excluding hydrogens is 316 g/mol. The highest BCUT2D eigenvalue weighted by atomic mass is 19.1. The second kappa shape index (κ2) is 8.19. The summed E-state index contributed by atoms with van der Waals surface area (Å²) in [5.41, 5.74) is 1.07. The van der Waals surface area contributed by atoms with E-state index in [-0.39, 0.29) is 18.9 Å². The molecule has 0 saturated heterocycles. The maximum atomic E-state index is 13.1. The van der Waals surface area contributed by atoms with E-state index < -0.39 is 23.5 Å². The van der Waals surface area contributed by atoms with E-state index in [0.717, 1.165) is 0 Å². The molecule has 2 rings (SSSR count). The normalized spacial score (nSPS) is 11.6. The number of rotatable bonds is 6. The Morgan fingerprint density at radius 3 is 2.42 bits per heavy atom. The summed E-state index contributed by atoms with van der Waals surface area (Å²) in [6, 6.07) is 11.1. The highest BCUT2D eigenvalue weighted by Crippen LogP contribution is 2.17. The molecule has 24 heavy (non-hydrogen) atoms. The molecule has 0 aromatic heterocycles. The van der Waals surface area contributed by atoms with Crippen molar-refractivity contribution < 1.29 is 23.1 Å². The zero-order valence-electron chi connectivity index (χ0n) is 13.1. The number of ether oxygens (including phenoxy) is 1. The van der Waals surface area contributed by atoms with Crippen LogP contribution in [0.15, 0.2) is 48.5 Å². The molecule has 2 aromatic carbocycles. The number of benzene rings is 2. The fourth-order valence-electron chi connectivity index (χ4n) is 2.29. The third-order valence-corrected chi connectivity index (χ3v) is 3.52. The predicted molar refractivity (Wildman–Crippen MR) is 84.3 cm³/mol. The molecule has 1 atom stereocenters. The molecule has 0 spiro atoms. The molecule has 126 valence electrons. The van der Waals surface area contributed by atoms with Crippen molar-refractivity contribution in [2.75, 3.05) is 13.7 Å². The zero-order valence-corrected chi connectivity index (χ0v) is 13.1.